The second-order valence-electron chi connectivity index (χ2n) is 10.7. The van der Waals surface area contributed by atoms with Crippen molar-refractivity contribution in [2.45, 2.75) is 20.0 Å². The standard InChI is InChI=1S/C31H26F5N3O5/c1-30(2)26(28(40)38-17-6-4-16(32)5-7-17)27(30)29(41)39-18-8-9-23(20(33)12-18)44-22-10-11-37-21-14-24(42-3)25(13-19(21)22)43-15-31(34,35)36/h4-14,26-27H,15H2,1-3H3,(H,38,40)(H,39,41)/t26-,27+/m0/s1. The van der Waals surface area contributed by atoms with E-state index in [1.807, 2.05) is 0 Å². The zero-order chi connectivity index (χ0) is 31.8. The van der Waals surface area contributed by atoms with Gasteiger partial charge in [0.15, 0.2) is 29.7 Å². The lowest BCUT2D eigenvalue weighted by Crippen LogP contribution is -2.20. The van der Waals surface area contributed by atoms with Gasteiger partial charge in [0.25, 0.3) is 0 Å². The Balaban J connectivity index is 1.29. The maximum Gasteiger partial charge on any atom is 0.422 e. The van der Waals surface area contributed by atoms with Crippen molar-refractivity contribution >= 4 is 34.1 Å². The predicted molar refractivity (Wildman–Crippen MR) is 151 cm³/mol. The number of methoxy groups -OCH3 is 1. The first-order chi connectivity index (χ1) is 20.8. The summed E-state index contributed by atoms with van der Waals surface area (Å²) in [7, 11) is 1.27. The van der Waals surface area contributed by atoms with Gasteiger partial charge in [-0.1, -0.05) is 13.8 Å². The number of nitrogens with one attached hydrogen (secondary N) is 2. The smallest absolute Gasteiger partial charge is 0.422 e. The van der Waals surface area contributed by atoms with Gasteiger partial charge in [-0.05, 0) is 53.9 Å². The Morgan fingerprint density at radius 2 is 1.48 bits per heavy atom. The molecule has 0 spiro atoms. The van der Waals surface area contributed by atoms with Crippen LogP contribution in [0, 0.1) is 28.9 Å². The lowest BCUT2D eigenvalue weighted by molar-refractivity contribution is -0.153. The maximum atomic E-state index is 15.1. The Hall–Kier alpha value is -4.94. The van der Waals surface area contributed by atoms with Crippen molar-refractivity contribution in [1.29, 1.82) is 0 Å². The summed E-state index contributed by atoms with van der Waals surface area (Å²) in [6.07, 6.45) is -3.21. The topological polar surface area (TPSA) is 98.8 Å². The highest BCUT2D eigenvalue weighted by Crippen LogP contribution is 2.59. The first-order valence-electron chi connectivity index (χ1n) is 13.3. The molecule has 1 aliphatic rings. The normalized spacial score (nSPS) is 17.1. The van der Waals surface area contributed by atoms with E-state index in [9.17, 15) is 27.2 Å². The van der Waals surface area contributed by atoms with Gasteiger partial charge >= 0.3 is 6.18 Å². The van der Waals surface area contributed by atoms with E-state index in [-0.39, 0.29) is 34.1 Å². The van der Waals surface area contributed by atoms with Crippen LogP contribution < -0.4 is 24.8 Å². The molecule has 2 amide bonds. The van der Waals surface area contributed by atoms with Gasteiger partial charge in [0, 0.05) is 35.1 Å². The fourth-order valence-corrected chi connectivity index (χ4v) is 5.02. The molecule has 0 aliphatic heterocycles. The summed E-state index contributed by atoms with van der Waals surface area (Å²) < 4.78 is 82.3. The summed E-state index contributed by atoms with van der Waals surface area (Å²) in [5.41, 5.74) is 0.131. The van der Waals surface area contributed by atoms with E-state index >= 15 is 4.39 Å². The Kier molecular flexibility index (Phi) is 8.06. The number of hydrogen-bond acceptors (Lipinski definition) is 6. The quantitative estimate of drug-likeness (QED) is 0.195. The summed E-state index contributed by atoms with van der Waals surface area (Å²) in [5.74, 6) is -3.86. The van der Waals surface area contributed by atoms with E-state index < -0.39 is 53.5 Å². The van der Waals surface area contributed by atoms with Crippen molar-refractivity contribution < 1.29 is 45.8 Å². The number of carbonyl (C=O) groups excluding carboxylic acids is 2. The van der Waals surface area contributed by atoms with E-state index in [2.05, 4.69) is 15.6 Å². The van der Waals surface area contributed by atoms with Crippen LogP contribution in [0.2, 0.25) is 0 Å². The van der Waals surface area contributed by atoms with Gasteiger partial charge in [0.1, 0.15) is 11.6 Å². The first kappa shape index (κ1) is 30.5. The van der Waals surface area contributed by atoms with Crippen molar-refractivity contribution in [3.63, 3.8) is 0 Å². The van der Waals surface area contributed by atoms with Crippen LogP contribution in [0.4, 0.5) is 33.3 Å². The summed E-state index contributed by atoms with van der Waals surface area (Å²) in [6, 6.07) is 13.0. The SMILES string of the molecule is COc1cc2nccc(Oc3ccc(NC(=O)[C@H]4[C@@H](C(=O)Nc5ccc(F)cc5)C4(C)C)cc3F)c2cc1OCC(F)(F)F. The van der Waals surface area contributed by atoms with Gasteiger partial charge < -0.3 is 24.8 Å². The van der Waals surface area contributed by atoms with Gasteiger partial charge in [-0.25, -0.2) is 8.78 Å². The number of benzene rings is 3. The van der Waals surface area contributed by atoms with Gasteiger partial charge in [-0.2, -0.15) is 13.2 Å². The van der Waals surface area contributed by atoms with Gasteiger partial charge in [0.05, 0.1) is 24.5 Å². The summed E-state index contributed by atoms with van der Waals surface area (Å²) in [6.45, 7) is 1.97. The Labute approximate surface area is 248 Å². The number of ether oxygens (including phenoxy) is 3. The monoisotopic (exact) mass is 615 g/mol. The first-order valence-corrected chi connectivity index (χ1v) is 13.3. The molecule has 1 saturated carbocycles. The molecule has 230 valence electrons. The van der Waals surface area contributed by atoms with Crippen molar-refractivity contribution in [1.82, 2.24) is 4.98 Å². The maximum absolute atomic E-state index is 15.1. The summed E-state index contributed by atoms with van der Waals surface area (Å²) in [5, 5.41) is 5.55. The number of carbonyl (C=O) groups is 2. The van der Waals surface area contributed by atoms with Crippen LogP contribution >= 0.6 is 0 Å². The van der Waals surface area contributed by atoms with Gasteiger partial charge in [0.2, 0.25) is 11.8 Å². The molecule has 0 saturated heterocycles. The van der Waals surface area contributed by atoms with Crippen LogP contribution in [0.5, 0.6) is 23.0 Å². The summed E-state index contributed by atoms with van der Waals surface area (Å²) >= 11 is 0. The minimum atomic E-state index is -4.58. The molecule has 2 atom stereocenters. The molecule has 8 nitrogen and oxygen atoms in total. The van der Waals surface area contributed by atoms with Crippen molar-refractivity contribution in [2.24, 2.45) is 17.3 Å². The minimum absolute atomic E-state index is 0.0201. The lowest BCUT2D eigenvalue weighted by Gasteiger charge is -2.15. The molecule has 44 heavy (non-hydrogen) atoms. The molecule has 3 aromatic carbocycles. The fraction of sp³-hybridized carbons (Fsp3) is 0.258. The fourth-order valence-electron chi connectivity index (χ4n) is 5.02. The third-order valence-electron chi connectivity index (χ3n) is 7.30. The highest BCUT2D eigenvalue weighted by atomic mass is 19.4. The molecule has 13 heteroatoms. The molecule has 0 radical (unpaired) electrons. The van der Waals surface area contributed by atoms with E-state index in [4.69, 9.17) is 14.2 Å². The largest absolute Gasteiger partial charge is 0.493 e. The molecular weight excluding hydrogens is 589 g/mol. The number of alkyl halides is 3. The van der Waals surface area contributed by atoms with E-state index in [0.717, 1.165) is 6.07 Å². The van der Waals surface area contributed by atoms with E-state index in [0.29, 0.717) is 11.2 Å². The van der Waals surface area contributed by atoms with Crippen LogP contribution in [-0.4, -0.2) is 36.7 Å². The van der Waals surface area contributed by atoms with Crippen molar-refractivity contribution in [3.05, 3.63) is 78.5 Å². The second-order valence-corrected chi connectivity index (χ2v) is 10.7. The zero-order valence-electron chi connectivity index (χ0n) is 23.6. The van der Waals surface area contributed by atoms with Crippen LogP contribution in [0.1, 0.15) is 13.8 Å². The molecule has 1 aromatic heterocycles. The average molecular weight is 616 g/mol. The van der Waals surface area contributed by atoms with Crippen LogP contribution in [0.15, 0.2) is 66.9 Å². The number of hydrogen-bond donors (Lipinski definition) is 2. The third kappa shape index (κ3) is 6.51. The number of nitrogens with zero attached hydrogens (tertiary/aromatic N) is 1. The van der Waals surface area contributed by atoms with Gasteiger partial charge in [-0.3, -0.25) is 14.6 Å². The molecule has 1 heterocycles. The van der Waals surface area contributed by atoms with Crippen molar-refractivity contribution in [2.75, 3.05) is 24.4 Å². The Bertz CT molecular complexity index is 1730. The molecule has 0 bridgehead atoms. The lowest BCUT2D eigenvalue weighted by atomic mass is 10.1. The van der Waals surface area contributed by atoms with Crippen LogP contribution in [0.25, 0.3) is 10.9 Å². The molecule has 1 aliphatic carbocycles. The number of rotatable bonds is 9. The van der Waals surface area contributed by atoms with Crippen molar-refractivity contribution in [3.8, 4) is 23.0 Å². The number of halogens is 5. The Morgan fingerprint density at radius 1 is 0.841 bits per heavy atom. The molecular formula is C31H26F5N3O5. The molecule has 5 rings (SSSR count). The van der Waals surface area contributed by atoms with E-state index in [1.165, 1.54) is 67.9 Å². The highest BCUT2D eigenvalue weighted by molar-refractivity contribution is 6.04. The molecule has 2 N–H and O–H groups in total. The number of anilines is 2. The van der Waals surface area contributed by atoms with Gasteiger partial charge in [-0.15, -0.1) is 0 Å². The Morgan fingerprint density at radius 3 is 2.09 bits per heavy atom. The average Bonchev–Trinajstić information content (AvgIpc) is 3.55. The minimum Gasteiger partial charge on any atom is -0.493 e. The predicted octanol–water partition coefficient (Wildman–Crippen LogP) is 7.10. The zero-order valence-corrected chi connectivity index (χ0v) is 23.6. The number of aromatic nitrogens is 1. The van der Waals surface area contributed by atoms with E-state index in [1.54, 1.807) is 13.8 Å². The third-order valence-corrected chi connectivity index (χ3v) is 7.30. The van der Waals surface area contributed by atoms with Crippen LogP contribution in [-0.2, 0) is 9.59 Å². The van der Waals surface area contributed by atoms with Crippen LogP contribution in [0.3, 0.4) is 0 Å². The molecule has 4 aromatic rings. The number of fused-ring (bicyclic) bond motifs is 1. The highest BCUT2D eigenvalue weighted by Gasteiger charge is 2.65. The number of amides is 2. The molecule has 1 fully saturated rings. The summed E-state index contributed by atoms with van der Waals surface area (Å²) in [4.78, 5) is 30.0. The number of pyridine rings is 1. The molecule has 0 unspecified atom stereocenters. The second kappa shape index (κ2) is 11.6.